The van der Waals surface area contributed by atoms with Crippen molar-refractivity contribution in [2.75, 3.05) is 12.4 Å². The number of nitrogens with two attached hydrogens (primary N) is 1. The zero-order chi connectivity index (χ0) is 15.4. The Balaban J connectivity index is 2.33. The Hall–Kier alpha value is -2.27. The molecule has 0 aliphatic rings. The second-order valence-corrected chi connectivity index (χ2v) is 4.78. The Morgan fingerprint density at radius 3 is 2.71 bits per heavy atom. The van der Waals surface area contributed by atoms with Gasteiger partial charge in [-0.2, -0.15) is 0 Å². The van der Waals surface area contributed by atoms with Crippen molar-refractivity contribution in [1.29, 1.82) is 0 Å². The highest BCUT2D eigenvalue weighted by molar-refractivity contribution is 6.31. The van der Waals surface area contributed by atoms with Gasteiger partial charge in [-0.1, -0.05) is 23.7 Å². The number of amides is 1. The van der Waals surface area contributed by atoms with E-state index >= 15 is 0 Å². The molecule has 0 fully saturated rings. The van der Waals surface area contributed by atoms with Gasteiger partial charge in [0.15, 0.2) is 0 Å². The molecule has 0 bridgehead atoms. The molecule has 0 heterocycles. The van der Waals surface area contributed by atoms with Crippen LogP contribution in [0.25, 0.3) is 0 Å². The average Bonchev–Trinajstić information content (AvgIpc) is 2.45. The number of benzene rings is 2. The third-order valence-electron chi connectivity index (χ3n) is 2.94. The lowest BCUT2D eigenvalue weighted by molar-refractivity contribution is -0.118. The monoisotopic (exact) mass is 308 g/mol. The summed E-state index contributed by atoms with van der Waals surface area (Å²) in [6.45, 7) is 0. The van der Waals surface area contributed by atoms with Crippen LogP contribution in [0.2, 0.25) is 5.02 Å². The fraction of sp³-hybridized carbons (Fsp3) is 0.133. The van der Waals surface area contributed by atoms with E-state index in [4.69, 9.17) is 22.1 Å². The van der Waals surface area contributed by atoms with Crippen molar-refractivity contribution in [3.63, 3.8) is 0 Å². The van der Waals surface area contributed by atoms with Crippen LogP contribution in [0.5, 0.6) is 5.75 Å². The lowest BCUT2D eigenvalue weighted by Crippen LogP contribution is -2.28. The molecule has 1 unspecified atom stereocenters. The first-order chi connectivity index (χ1) is 10.0. The second kappa shape index (κ2) is 6.45. The summed E-state index contributed by atoms with van der Waals surface area (Å²) in [5.41, 5.74) is 6.46. The van der Waals surface area contributed by atoms with E-state index in [-0.39, 0.29) is 5.02 Å². The number of nitrogens with one attached hydrogen (secondary N) is 1. The van der Waals surface area contributed by atoms with Gasteiger partial charge in [-0.15, -0.1) is 0 Å². The smallest absolute Gasteiger partial charge is 0.244 e. The van der Waals surface area contributed by atoms with Crippen molar-refractivity contribution in [3.8, 4) is 5.75 Å². The van der Waals surface area contributed by atoms with Crippen LogP contribution < -0.4 is 15.8 Å². The number of anilines is 1. The highest BCUT2D eigenvalue weighted by Crippen LogP contribution is 2.28. The number of methoxy groups -OCH3 is 1. The number of halogens is 2. The molecule has 21 heavy (non-hydrogen) atoms. The molecule has 0 radical (unpaired) electrons. The molecule has 0 aromatic heterocycles. The number of rotatable bonds is 5. The van der Waals surface area contributed by atoms with Crippen molar-refractivity contribution in [1.82, 2.24) is 0 Å². The molecule has 0 aliphatic carbocycles. The molecule has 2 rings (SSSR count). The molecule has 110 valence electrons. The predicted molar refractivity (Wildman–Crippen MR) is 80.0 cm³/mol. The van der Waals surface area contributed by atoms with E-state index in [9.17, 15) is 9.18 Å². The summed E-state index contributed by atoms with van der Waals surface area (Å²) in [6, 6.07) is 9.94. The lowest BCUT2D eigenvalue weighted by Gasteiger charge is -2.18. The van der Waals surface area contributed by atoms with Gasteiger partial charge in [0.2, 0.25) is 5.91 Å². The third-order valence-corrected chi connectivity index (χ3v) is 3.27. The normalized spacial score (nSPS) is 11.8. The Labute approximate surface area is 126 Å². The Bertz CT molecular complexity index is 664. The lowest BCUT2D eigenvalue weighted by atomic mass is 10.1. The average molecular weight is 309 g/mol. The van der Waals surface area contributed by atoms with Gasteiger partial charge in [-0.25, -0.2) is 4.39 Å². The van der Waals surface area contributed by atoms with Crippen molar-refractivity contribution in [2.45, 2.75) is 6.04 Å². The maximum Gasteiger partial charge on any atom is 0.244 e. The first-order valence-electron chi connectivity index (χ1n) is 6.16. The molecule has 1 amide bonds. The molecule has 2 aromatic rings. The van der Waals surface area contributed by atoms with Crippen LogP contribution in [0.4, 0.5) is 10.1 Å². The number of carbonyl (C=O) groups excluding carboxylic acids is 1. The predicted octanol–water partition coefficient (Wildman–Crippen LogP) is 3.13. The minimum absolute atomic E-state index is 0.134. The van der Waals surface area contributed by atoms with E-state index < -0.39 is 17.8 Å². The van der Waals surface area contributed by atoms with Gasteiger partial charge < -0.3 is 15.8 Å². The fourth-order valence-corrected chi connectivity index (χ4v) is 2.19. The van der Waals surface area contributed by atoms with Crippen LogP contribution in [-0.2, 0) is 4.79 Å². The van der Waals surface area contributed by atoms with E-state index in [1.165, 1.54) is 12.1 Å². The first kappa shape index (κ1) is 15.1. The van der Waals surface area contributed by atoms with Crippen LogP contribution in [0.1, 0.15) is 11.6 Å². The summed E-state index contributed by atoms with van der Waals surface area (Å²) in [4.78, 5) is 11.7. The van der Waals surface area contributed by atoms with Crippen molar-refractivity contribution in [2.24, 2.45) is 5.73 Å². The van der Waals surface area contributed by atoms with Gasteiger partial charge >= 0.3 is 0 Å². The molecule has 1 atom stereocenters. The highest BCUT2D eigenvalue weighted by atomic mass is 35.5. The van der Waals surface area contributed by atoms with E-state index in [1.54, 1.807) is 31.4 Å². The number of hydrogen-bond donors (Lipinski definition) is 2. The second-order valence-electron chi connectivity index (χ2n) is 4.38. The minimum atomic E-state index is -0.870. The molecule has 0 spiro atoms. The minimum Gasteiger partial charge on any atom is -0.497 e. The Morgan fingerprint density at radius 2 is 2.10 bits per heavy atom. The Kier molecular flexibility index (Phi) is 4.65. The molecule has 0 saturated carbocycles. The van der Waals surface area contributed by atoms with Crippen molar-refractivity contribution < 1.29 is 13.9 Å². The van der Waals surface area contributed by atoms with Crippen molar-refractivity contribution >= 4 is 23.2 Å². The highest BCUT2D eigenvalue weighted by Gasteiger charge is 2.21. The molecule has 2 aromatic carbocycles. The van der Waals surface area contributed by atoms with Crippen molar-refractivity contribution in [3.05, 3.63) is 58.9 Å². The summed E-state index contributed by atoms with van der Waals surface area (Å²) >= 11 is 5.98. The quantitative estimate of drug-likeness (QED) is 0.892. The van der Waals surface area contributed by atoms with Gasteiger partial charge in [0.25, 0.3) is 0 Å². The van der Waals surface area contributed by atoms with E-state index in [1.807, 2.05) is 0 Å². The van der Waals surface area contributed by atoms with E-state index in [2.05, 4.69) is 5.32 Å². The molecular formula is C15H14ClFN2O2. The maximum atomic E-state index is 13.1. The van der Waals surface area contributed by atoms with Gasteiger partial charge in [0.1, 0.15) is 17.6 Å². The number of hydrogen-bond acceptors (Lipinski definition) is 3. The largest absolute Gasteiger partial charge is 0.497 e. The standard InChI is InChI=1S/C15H14ClFN2O2/c1-21-11-4-2-3-10(8-11)19-14(15(18)20)12-6-5-9(17)7-13(12)16/h2-8,14,19H,1H3,(H2,18,20). The summed E-state index contributed by atoms with van der Waals surface area (Å²) in [5.74, 6) is -0.465. The third kappa shape index (κ3) is 3.64. The van der Waals surface area contributed by atoms with E-state index in [0.717, 1.165) is 6.07 Å². The molecular weight excluding hydrogens is 295 g/mol. The van der Waals surface area contributed by atoms with Gasteiger partial charge in [-0.05, 0) is 24.3 Å². The molecule has 3 N–H and O–H groups in total. The number of primary amides is 1. The van der Waals surface area contributed by atoms with Gasteiger partial charge in [-0.3, -0.25) is 4.79 Å². The van der Waals surface area contributed by atoms with Crippen LogP contribution in [0.3, 0.4) is 0 Å². The number of ether oxygens (including phenoxy) is 1. The molecule has 4 nitrogen and oxygen atoms in total. The summed E-state index contributed by atoms with van der Waals surface area (Å²) in [5, 5.41) is 3.10. The Morgan fingerprint density at radius 1 is 1.33 bits per heavy atom. The zero-order valence-corrected chi connectivity index (χ0v) is 12.0. The van der Waals surface area contributed by atoms with E-state index in [0.29, 0.717) is 17.0 Å². The topological polar surface area (TPSA) is 64.3 Å². The molecule has 0 saturated heterocycles. The summed E-state index contributed by atoms with van der Waals surface area (Å²) in [7, 11) is 1.54. The SMILES string of the molecule is COc1cccc(NC(C(N)=O)c2ccc(F)cc2Cl)c1. The van der Waals surface area contributed by atoms with Crippen LogP contribution in [-0.4, -0.2) is 13.0 Å². The number of carbonyl (C=O) groups is 1. The van der Waals surface area contributed by atoms with Crippen LogP contribution in [0, 0.1) is 5.82 Å². The summed E-state index contributed by atoms with van der Waals surface area (Å²) < 4.78 is 18.2. The van der Waals surface area contributed by atoms with Crippen LogP contribution in [0.15, 0.2) is 42.5 Å². The van der Waals surface area contributed by atoms with Crippen LogP contribution >= 0.6 is 11.6 Å². The fourth-order valence-electron chi connectivity index (χ4n) is 1.92. The maximum absolute atomic E-state index is 13.1. The van der Waals surface area contributed by atoms with Gasteiger partial charge in [0, 0.05) is 22.3 Å². The zero-order valence-electron chi connectivity index (χ0n) is 11.3. The molecule has 0 aliphatic heterocycles. The summed E-state index contributed by atoms with van der Waals surface area (Å²) in [6.07, 6.45) is 0. The first-order valence-corrected chi connectivity index (χ1v) is 6.54. The van der Waals surface area contributed by atoms with Gasteiger partial charge in [0.05, 0.1) is 7.11 Å². The molecule has 6 heteroatoms.